The van der Waals surface area contributed by atoms with Gasteiger partial charge in [-0.15, -0.1) is 5.10 Å². The summed E-state index contributed by atoms with van der Waals surface area (Å²) in [5.41, 5.74) is 5.53. The first-order valence-electron chi connectivity index (χ1n) is 14.9. The molecule has 2 aliphatic rings. The van der Waals surface area contributed by atoms with Gasteiger partial charge in [0.1, 0.15) is 17.3 Å². The minimum atomic E-state index is -0.268. The van der Waals surface area contributed by atoms with Crippen LogP contribution >= 0.6 is 11.6 Å². The number of aromatic nitrogens is 8. The van der Waals surface area contributed by atoms with Crippen LogP contribution in [0.3, 0.4) is 0 Å². The fourth-order valence-corrected chi connectivity index (χ4v) is 5.99. The Bertz CT molecular complexity index is 1920. The number of halogens is 2. The highest BCUT2D eigenvalue weighted by atomic mass is 35.5. The summed E-state index contributed by atoms with van der Waals surface area (Å²) in [6.45, 7) is 2.82. The fraction of sp³-hybridized carbons (Fsp3) is 0.273. The molecule has 8 rings (SSSR count). The highest BCUT2D eigenvalue weighted by molar-refractivity contribution is 6.30. The molecule has 1 saturated carbocycles. The molecular formula is C33H29ClFN9. The number of hydrogen-bond acceptors (Lipinski definition) is 7. The van der Waals surface area contributed by atoms with Gasteiger partial charge in [-0.25, -0.2) is 18.9 Å². The number of H-pyrrole nitrogens is 1. The van der Waals surface area contributed by atoms with E-state index >= 15 is 0 Å². The molecule has 0 amide bonds. The summed E-state index contributed by atoms with van der Waals surface area (Å²) in [7, 11) is 0. The molecule has 11 heteroatoms. The summed E-state index contributed by atoms with van der Waals surface area (Å²) < 4.78 is 15.5. The minimum absolute atomic E-state index is 0.268. The molecule has 5 heterocycles. The van der Waals surface area contributed by atoms with Crippen LogP contribution in [0, 0.1) is 5.82 Å². The Kier molecular flexibility index (Phi) is 6.87. The van der Waals surface area contributed by atoms with Crippen LogP contribution in [0.2, 0.25) is 5.02 Å². The second-order valence-electron chi connectivity index (χ2n) is 11.7. The van der Waals surface area contributed by atoms with E-state index in [2.05, 4.69) is 49.4 Å². The topological polar surface area (TPSA) is 101 Å². The maximum Gasteiger partial charge on any atom is 0.253 e. The number of rotatable bonds is 7. The standard InChI is InChI=1S/C33H29ClFN9/c34-25-9-12-28(36-17-25)32-38-30(40-41-32)24-13-15-43(16-14-24)18-20-1-3-22(4-2-20)29-27(21-7-10-26(35)11-8-21)19-44-33(37-29)39-31(42-44)23-5-6-23/h1-4,7-12,17,19,23-24H,5-6,13-16,18H2,(H,38,40,41). The molecule has 2 aromatic carbocycles. The van der Waals surface area contributed by atoms with Gasteiger partial charge in [0.15, 0.2) is 11.6 Å². The molecule has 44 heavy (non-hydrogen) atoms. The Balaban J connectivity index is 0.972. The number of fused-ring (bicyclic) bond motifs is 1. The van der Waals surface area contributed by atoms with Crippen LogP contribution in [0.1, 0.15) is 54.7 Å². The zero-order valence-corrected chi connectivity index (χ0v) is 24.6. The summed E-state index contributed by atoms with van der Waals surface area (Å²) >= 11 is 5.96. The molecule has 1 aliphatic heterocycles. The van der Waals surface area contributed by atoms with Crippen molar-refractivity contribution < 1.29 is 4.39 Å². The third-order valence-corrected chi connectivity index (χ3v) is 8.74. The Labute approximate surface area is 258 Å². The van der Waals surface area contributed by atoms with E-state index in [0.29, 0.717) is 34.2 Å². The van der Waals surface area contributed by atoms with Gasteiger partial charge < -0.3 is 0 Å². The largest absolute Gasteiger partial charge is 0.299 e. The van der Waals surface area contributed by atoms with Gasteiger partial charge in [0.05, 0.1) is 10.7 Å². The molecule has 0 spiro atoms. The van der Waals surface area contributed by atoms with E-state index < -0.39 is 0 Å². The molecule has 1 N–H and O–H groups in total. The number of nitrogens with one attached hydrogen (secondary N) is 1. The molecule has 0 radical (unpaired) electrons. The minimum Gasteiger partial charge on any atom is -0.299 e. The van der Waals surface area contributed by atoms with Gasteiger partial charge in [-0.3, -0.25) is 15.0 Å². The van der Waals surface area contributed by atoms with Gasteiger partial charge in [-0.2, -0.15) is 10.1 Å². The van der Waals surface area contributed by atoms with Gasteiger partial charge in [-0.1, -0.05) is 48.0 Å². The first-order valence-corrected chi connectivity index (χ1v) is 15.3. The lowest BCUT2D eigenvalue weighted by molar-refractivity contribution is 0.202. The zero-order valence-electron chi connectivity index (χ0n) is 23.9. The second kappa shape index (κ2) is 11.2. The molecule has 6 aromatic rings. The van der Waals surface area contributed by atoms with Gasteiger partial charge in [0.2, 0.25) is 0 Å². The van der Waals surface area contributed by atoms with Crippen molar-refractivity contribution >= 4 is 17.4 Å². The smallest absolute Gasteiger partial charge is 0.253 e. The normalized spacial score (nSPS) is 16.1. The number of piperidine rings is 1. The van der Waals surface area contributed by atoms with Crippen molar-refractivity contribution in [2.45, 2.75) is 44.1 Å². The third-order valence-electron chi connectivity index (χ3n) is 8.51. The fourth-order valence-electron chi connectivity index (χ4n) is 5.88. The summed E-state index contributed by atoms with van der Waals surface area (Å²) in [6, 6.07) is 18.7. The van der Waals surface area contributed by atoms with E-state index in [9.17, 15) is 4.39 Å². The van der Waals surface area contributed by atoms with Crippen molar-refractivity contribution in [3.05, 3.63) is 101 Å². The molecule has 9 nitrogen and oxygen atoms in total. The lowest BCUT2D eigenvalue weighted by Crippen LogP contribution is -2.32. The van der Waals surface area contributed by atoms with E-state index in [1.807, 2.05) is 12.3 Å². The number of likely N-dealkylation sites (tertiary alicyclic amines) is 1. The van der Waals surface area contributed by atoms with Crippen LogP contribution in [0.4, 0.5) is 4.39 Å². The van der Waals surface area contributed by atoms with E-state index in [1.54, 1.807) is 28.9 Å². The van der Waals surface area contributed by atoms with Crippen LogP contribution < -0.4 is 0 Å². The zero-order chi connectivity index (χ0) is 29.6. The van der Waals surface area contributed by atoms with Crippen molar-refractivity contribution in [1.29, 1.82) is 0 Å². The number of aromatic amines is 1. The maximum atomic E-state index is 13.7. The average Bonchev–Trinajstić information content (AvgIpc) is 3.63. The highest BCUT2D eigenvalue weighted by Gasteiger charge is 2.29. The SMILES string of the molecule is Fc1ccc(-c2cn3nc(C4CC4)nc3nc2-c2ccc(CN3CCC(c4nc(-c5ccc(Cl)cn5)n[nH]4)CC3)cc2)cc1. The van der Waals surface area contributed by atoms with Gasteiger partial charge >= 0.3 is 0 Å². The van der Waals surface area contributed by atoms with Crippen LogP contribution in [0.5, 0.6) is 0 Å². The Morgan fingerprint density at radius 3 is 2.34 bits per heavy atom. The lowest BCUT2D eigenvalue weighted by atomic mass is 9.95. The molecule has 0 unspecified atom stereocenters. The predicted octanol–water partition coefficient (Wildman–Crippen LogP) is 6.69. The third kappa shape index (κ3) is 5.46. The molecule has 0 bridgehead atoms. The Morgan fingerprint density at radius 2 is 1.61 bits per heavy atom. The predicted molar refractivity (Wildman–Crippen MR) is 165 cm³/mol. The quantitative estimate of drug-likeness (QED) is 0.216. The van der Waals surface area contributed by atoms with E-state index in [-0.39, 0.29) is 5.82 Å². The summed E-state index contributed by atoms with van der Waals surface area (Å²) in [5, 5.41) is 12.8. The Hall–Kier alpha value is -4.54. The monoisotopic (exact) mass is 605 g/mol. The number of nitrogens with zero attached hydrogens (tertiary/aromatic N) is 8. The molecule has 0 atom stereocenters. The van der Waals surface area contributed by atoms with Crippen LogP contribution in [0.15, 0.2) is 73.1 Å². The first-order chi connectivity index (χ1) is 21.6. The number of pyridine rings is 1. The maximum absolute atomic E-state index is 13.7. The van der Waals surface area contributed by atoms with E-state index in [1.165, 1.54) is 17.7 Å². The molecule has 1 saturated heterocycles. The van der Waals surface area contributed by atoms with Crippen LogP contribution in [0.25, 0.3) is 39.7 Å². The van der Waals surface area contributed by atoms with Crippen molar-refractivity contribution in [3.63, 3.8) is 0 Å². The molecule has 1 aliphatic carbocycles. The second-order valence-corrected chi connectivity index (χ2v) is 12.1. The molecule has 2 fully saturated rings. The highest BCUT2D eigenvalue weighted by Crippen LogP contribution is 2.39. The molecular weight excluding hydrogens is 577 g/mol. The first kappa shape index (κ1) is 27.0. The van der Waals surface area contributed by atoms with E-state index in [0.717, 1.165) is 79.4 Å². The van der Waals surface area contributed by atoms with Crippen LogP contribution in [-0.2, 0) is 6.54 Å². The van der Waals surface area contributed by atoms with Gasteiger partial charge in [0.25, 0.3) is 5.78 Å². The molecule has 4 aromatic heterocycles. The summed E-state index contributed by atoms with van der Waals surface area (Å²) in [4.78, 5) is 21.2. The Morgan fingerprint density at radius 1 is 0.841 bits per heavy atom. The van der Waals surface area contributed by atoms with Crippen LogP contribution in [-0.4, -0.2) is 57.7 Å². The van der Waals surface area contributed by atoms with Crippen molar-refractivity contribution in [2.24, 2.45) is 0 Å². The van der Waals surface area contributed by atoms with Gasteiger partial charge in [0, 0.05) is 41.9 Å². The number of benzene rings is 2. The molecule has 220 valence electrons. The average molecular weight is 606 g/mol. The van der Waals surface area contributed by atoms with E-state index in [4.69, 9.17) is 26.6 Å². The van der Waals surface area contributed by atoms with Crippen molar-refractivity contribution in [1.82, 2.24) is 44.6 Å². The summed E-state index contributed by atoms with van der Waals surface area (Å²) in [5.74, 6) is 3.45. The van der Waals surface area contributed by atoms with Gasteiger partial charge in [-0.05, 0) is 74.2 Å². The van der Waals surface area contributed by atoms with Crippen molar-refractivity contribution in [3.8, 4) is 33.9 Å². The van der Waals surface area contributed by atoms with Crippen molar-refractivity contribution in [2.75, 3.05) is 13.1 Å². The summed E-state index contributed by atoms with van der Waals surface area (Å²) in [6.07, 6.45) is 7.83. The lowest BCUT2D eigenvalue weighted by Gasteiger charge is -2.31. The number of hydrogen-bond donors (Lipinski definition) is 1.